The Bertz CT molecular complexity index is 468. The van der Waals surface area contributed by atoms with Gasteiger partial charge in [-0.15, -0.1) is 0 Å². The van der Waals surface area contributed by atoms with Gasteiger partial charge in [0.05, 0.1) is 16.8 Å². The summed E-state index contributed by atoms with van der Waals surface area (Å²) >= 11 is 9.17. The number of nitrogens with one attached hydrogen (secondary N) is 1. The van der Waals surface area contributed by atoms with Gasteiger partial charge in [-0.3, -0.25) is 9.59 Å². The van der Waals surface area contributed by atoms with Crippen LogP contribution in [0.3, 0.4) is 0 Å². The summed E-state index contributed by atoms with van der Waals surface area (Å²) in [5, 5.41) is 11.4. The molecule has 0 aliphatic rings. The Kier molecular flexibility index (Phi) is 5.58. The van der Waals surface area contributed by atoms with Gasteiger partial charge in [0, 0.05) is 10.9 Å². The first kappa shape index (κ1) is 14.9. The zero-order chi connectivity index (χ0) is 13.7. The minimum absolute atomic E-state index is 0.0787. The summed E-state index contributed by atoms with van der Waals surface area (Å²) in [4.78, 5) is 22.0. The van der Waals surface area contributed by atoms with Gasteiger partial charge in [0.25, 0.3) is 0 Å². The SMILES string of the molecule is NC(CCC(=O)O)C(=O)Nc1ccc(Br)cc1Cl. The van der Waals surface area contributed by atoms with Gasteiger partial charge in [0.15, 0.2) is 0 Å². The number of carbonyl (C=O) groups excluding carboxylic acids is 1. The first-order valence-electron chi connectivity index (χ1n) is 5.13. The molecule has 0 fully saturated rings. The smallest absolute Gasteiger partial charge is 0.303 e. The van der Waals surface area contributed by atoms with E-state index in [4.69, 9.17) is 22.4 Å². The molecule has 0 saturated carbocycles. The first-order chi connectivity index (χ1) is 8.40. The number of carbonyl (C=O) groups is 2. The van der Waals surface area contributed by atoms with E-state index in [9.17, 15) is 9.59 Å². The number of rotatable bonds is 5. The standard InChI is InChI=1S/C11H12BrClN2O3/c12-6-1-3-9(7(13)5-6)15-11(18)8(14)2-4-10(16)17/h1,3,5,8H,2,4,14H2,(H,15,18)(H,16,17). The van der Waals surface area contributed by atoms with Crippen molar-refractivity contribution in [1.82, 2.24) is 0 Å². The number of carboxylic acids is 1. The van der Waals surface area contributed by atoms with E-state index in [1.54, 1.807) is 18.2 Å². The minimum Gasteiger partial charge on any atom is -0.481 e. The molecule has 1 aromatic rings. The van der Waals surface area contributed by atoms with Crippen LogP contribution in [0.15, 0.2) is 22.7 Å². The van der Waals surface area contributed by atoms with Crippen LogP contribution in [-0.2, 0) is 9.59 Å². The van der Waals surface area contributed by atoms with Gasteiger partial charge in [0.1, 0.15) is 0 Å². The molecule has 1 rings (SSSR count). The van der Waals surface area contributed by atoms with Crippen LogP contribution >= 0.6 is 27.5 Å². The molecule has 1 unspecified atom stereocenters. The molecule has 0 radical (unpaired) electrons. The van der Waals surface area contributed by atoms with E-state index in [1.807, 2.05) is 0 Å². The summed E-state index contributed by atoms with van der Waals surface area (Å²) < 4.78 is 0.792. The van der Waals surface area contributed by atoms with Crippen molar-refractivity contribution in [3.8, 4) is 0 Å². The molecule has 0 heterocycles. The third-order valence-electron chi connectivity index (χ3n) is 2.19. The van der Waals surface area contributed by atoms with Crippen LogP contribution in [0.4, 0.5) is 5.69 Å². The fourth-order valence-corrected chi connectivity index (χ4v) is 1.95. The number of hydrogen-bond acceptors (Lipinski definition) is 3. The number of benzene rings is 1. The van der Waals surface area contributed by atoms with Crippen molar-refractivity contribution in [2.45, 2.75) is 18.9 Å². The Morgan fingerprint density at radius 1 is 1.50 bits per heavy atom. The van der Waals surface area contributed by atoms with E-state index in [-0.39, 0.29) is 12.8 Å². The first-order valence-corrected chi connectivity index (χ1v) is 6.30. The van der Waals surface area contributed by atoms with Gasteiger partial charge in [0.2, 0.25) is 5.91 Å². The lowest BCUT2D eigenvalue weighted by Crippen LogP contribution is -2.36. The van der Waals surface area contributed by atoms with Crippen molar-refractivity contribution < 1.29 is 14.7 Å². The highest BCUT2D eigenvalue weighted by atomic mass is 79.9. The molecule has 1 atom stereocenters. The van der Waals surface area contributed by atoms with Gasteiger partial charge in [-0.05, 0) is 24.6 Å². The quantitative estimate of drug-likeness (QED) is 0.769. The van der Waals surface area contributed by atoms with Crippen molar-refractivity contribution in [1.29, 1.82) is 0 Å². The summed E-state index contributed by atoms with van der Waals surface area (Å²) in [6, 6.07) is 4.12. The molecule has 5 nitrogen and oxygen atoms in total. The Morgan fingerprint density at radius 3 is 2.72 bits per heavy atom. The Balaban J connectivity index is 2.61. The van der Waals surface area contributed by atoms with Gasteiger partial charge in [-0.1, -0.05) is 27.5 Å². The molecule has 0 spiro atoms. The summed E-state index contributed by atoms with van der Waals surface area (Å²) in [7, 11) is 0. The second-order valence-corrected chi connectivity index (χ2v) is 4.98. The highest BCUT2D eigenvalue weighted by Crippen LogP contribution is 2.25. The second kappa shape index (κ2) is 6.72. The number of nitrogens with two attached hydrogens (primary N) is 1. The topological polar surface area (TPSA) is 92.4 Å². The molecule has 1 aromatic carbocycles. The summed E-state index contributed by atoms with van der Waals surface area (Å²) in [5.41, 5.74) is 6.01. The summed E-state index contributed by atoms with van der Waals surface area (Å²) in [6.07, 6.45) is -0.0715. The molecule has 0 aliphatic heterocycles. The molecule has 18 heavy (non-hydrogen) atoms. The lowest BCUT2D eigenvalue weighted by atomic mass is 10.1. The van der Waals surface area contributed by atoms with E-state index in [2.05, 4.69) is 21.2 Å². The number of carboxylic acid groups (broad SMARTS) is 1. The third kappa shape index (κ3) is 4.64. The Labute approximate surface area is 117 Å². The fourth-order valence-electron chi connectivity index (χ4n) is 1.23. The predicted octanol–water partition coefficient (Wildman–Crippen LogP) is 2.23. The van der Waals surface area contributed by atoms with Crippen LogP contribution in [0.1, 0.15) is 12.8 Å². The second-order valence-electron chi connectivity index (χ2n) is 3.65. The molecule has 0 bridgehead atoms. The van der Waals surface area contributed by atoms with Crippen LogP contribution in [0.5, 0.6) is 0 Å². The van der Waals surface area contributed by atoms with E-state index in [0.717, 1.165) is 4.47 Å². The van der Waals surface area contributed by atoms with Crippen LogP contribution < -0.4 is 11.1 Å². The largest absolute Gasteiger partial charge is 0.481 e. The van der Waals surface area contributed by atoms with Crippen molar-refractivity contribution in [2.24, 2.45) is 5.73 Å². The Morgan fingerprint density at radius 2 is 2.17 bits per heavy atom. The van der Waals surface area contributed by atoms with E-state index in [1.165, 1.54) is 0 Å². The summed E-state index contributed by atoms with van der Waals surface area (Å²) in [6.45, 7) is 0. The third-order valence-corrected chi connectivity index (χ3v) is 3.00. The van der Waals surface area contributed by atoms with E-state index < -0.39 is 17.9 Å². The molecule has 0 saturated heterocycles. The van der Waals surface area contributed by atoms with Crippen LogP contribution in [0.2, 0.25) is 5.02 Å². The van der Waals surface area contributed by atoms with Gasteiger partial charge >= 0.3 is 5.97 Å². The molecular formula is C11H12BrClN2O3. The van der Waals surface area contributed by atoms with Crippen LogP contribution in [-0.4, -0.2) is 23.0 Å². The predicted molar refractivity (Wildman–Crippen MR) is 72.6 cm³/mol. The lowest BCUT2D eigenvalue weighted by molar-refractivity contribution is -0.137. The van der Waals surface area contributed by atoms with E-state index >= 15 is 0 Å². The number of aliphatic carboxylic acids is 1. The molecule has 7 heteroatoms. The van der Waals surface area contributed by atoms with Crippen LogP contribution in [0.25, 0.3) is 0 Å². The molecule has 4 N–H and O–H groups in total. The molecular weight excluding hydrogens is 323 g/mol. The van der Waals surface area contributed by atoms with Crippen molar-refractivity contribution >= 4 is 45.1 Å². The zero-order valence-electron chi connectivity index (χ0n) is 9.32. The fraction of sp³-hybridized carbons (Fsp3) is 0.273. The number of halogens is 2. The maximum absolute atomic E-state index is 11.7. The van der Waals surface area contributed by atoms with E-state index in [0.29, 0.717) is 10.7 Å². The minimum atomic E-state index is -0.986. The lowest BCUT2D eigenvalue weighted by Gasteiger charge is -2.12. The highest BCUT2D eigenvalue weighted by molar-refractivity contribution is 9.10. The molecule has 1 amide bonds. The molecule has 0 aromatic heterocycles. The maximum Gasteiger partial charge on any atom is 0.303 e. The maximum atomic E-state index is 11.7. The average Bonchev–Trinajstić information content (AvgIpc) is 2.29. The van der Waals surface area contributed by atoms with Crippen molar-refractivity contribution in [3.05, 3.63) is 27.7 Å². The summed E-state index contributed by atoms with van der Waals surface area (Å²) in [5.74, 6) is -1.44. The van der Waals surface area contributed by atoms with Crippen LogP contribution in [0, 0.1) is 0 Å². The molecule has 0 aliphatic carbocycles. The number of hydrogen-bond donors (Lipinski definition) is 3. The average molecular weight is 336 g/mol. The highest BCUT2D eigenvalue weighted by Gasteiger charge is 2.16. The van der Waals surface area contributed by atoms with Crippen molar-refractivity contribution in [3.63, 3.8) is 0 Å². The molecule has 98 valence electrons. The zero-order valence-corrected chi connectivity index (χ0v) is 11.7. The van der Waals surface area contributed by atoms with Gasteiger partial charge in [-0.25, -0.2) is 0 Å². The van der Waals surface area contributed by atoms with Gasteiger partial charge < -0.3 is 16.2 Å². The monoisotopic (exact) mass is 334 g/mol. The number of amides is 1. The number of anilines is 1. The Hall–Kier alpha value is -1.11. The normalized spacial score (nSPS) is 11.9. The van der Waals surface area contributed by atoms with Gasteiger partial charge in [-0.2, -0.15) is 0 Å². The van der Waals surface area contributed by atoms with Crippen molar-refractivity contribution in [2.75, 3.05) is 5.32 Å².